The molecule has 110 valence electrons. The number of hydrogen-bond donors (Lipinski definition) is 0. The van der Waals surface area contributed by atoms with E-state index in [1.54, 1.807) is 24.8 Å². The largest absolute Gasteiger partial charge is 0.458 e. The number of nitrogens with zero attached hydrogens (tertiary/aromatic N) is 3. The van der Waals surface area contributed by atoms with Crippen molar-refractivity contribution < 1.29 is 9.53 Å². The Morgan fingerprint density at radius 1 is 1.40 bits per heavy atom. The van der Waals surface area contributed by atoms with Gasteiger partial charge in [-0.05, 0) is 33.1 Å². The van der Waals surface area contributed by atoms with E-state index in [1.807, 2.05) is 20.8 Å². The number of hydrogen-bond acceptors (Lipinski definition) is 5. The van der Waals surface area contributed by atoms with E-state index in [0.717, 1.165) is 0 Å². The van der Waals surface area contributed by atoms with E-state index in [-0.39, 0.29) is 5.97 Å². The van der Waals surface area contributed by atoms with Crippen LogP contribution in [0.4, 0.5) is 0 Å². The van der Waals surface area contributed by atoms with E-state index in [2.05, 4.69) is 28.8 Å². The van der Waals surface area contributed by atoms with Crippen molar-refractivity contribution in [3.63, 3.8) is 0 Å². The SMILES string of the molecule is CC(C)CC(N=Cc1cnccn1)C(=O)OC(C)(C)C. The maximum absolute atomic E-state index is 12.1. The van der Waals surface area contributed by atoms with Crippen molar-refractivity contribution in [2.24, 2.45) is 10.9 Å². The molecule has 0 radical (unpaired) electrons. The zero-order chi connectivity index (χ0) is 15.2. The van der Waals surface area contributed by atoms with Crippen LogP contribution < -0.4 is 0 Å². The Bertz CT molecular complexity index is 450. The maximum Gasteiger partial charge on any atom is 0.331 e. The lowest BCUT2D eigenvalue weighted by molar-refractivity contribution is -0.156. The quantitative estimate of drug-likeness (QED) is 0.613. The van der Waals surface area contributed by atoms with Gasteiger partial charge in [-0.2, -0.15) is 0 Å². The molecule has 0 N–H and O–H groups in total. The molecule has 0 fully saturated rings. The third-order valence-electron chi connectivity index (χ3n) is 2.34. The topological polar surface area (TPSA) is 64.4 Å². The molecule has 0 spiro atoms. The van der Waals surface area contributed by atoms with Crippen LogP contribution in [0.5, 0.6) is 0 Å². The molecule has 1 atom stereocenters. The van der Waals surface area contributed by atoms with E-state index in [4.69, 9.17) is 4.74 Å². The summed E-state index contributed by atoms with van der Waals surface area (Å²) in [5.74, 6) is 0.0536. The molecule has 1 aromatic heterocycles. The maximum atomic E-state index is 12.1. The molecule has 0 aliphatic heterocycles. The summed E-state index contributed by atoms with van der Waals surface area (Å²) in [5.41, 5.74) is 0.124. The number of rotatable bonds is 5. The lowest BCUT2D eigenvalue weighted by atomic mass is 10.0. The van der Waals surface area contributed by atoms with Crippen LogP contribution in [0.25, 0.3) is 0 Å². The molecular weight excluding hydrogens is 254 g/mol. The van der Waals surface area contributed by atoms with Crippen LogP contribution >= 0.6 is 0 Å². The molecule has 5 nitrogen and oxygen atoms in total. The summed E-state index contributed by atoms with van der Waals surface area (Å²) in [4.78, 5) is 24.5. The number of carbonyl (C=O) groups is 1. The van der Waals surface area contributed by atoms with Crippen molar-refractivity contribution in [2.45, 2.75) is 52.7 Å². The van der Waals surface area contributed by atoms with Crippen molar-refractivity contribution in [1.29, 1.82) is 0 Å². The average molecular weight is 277 g/mol. The standard InChI is InChI=1S/C15H23N3O2/c1-11(2)8-13(14(19)20-15(3,4)5)18-10-12-9-16-6-7-17-12/h6-7,9-11,13H,8H2,1-5H3. The van der Waals surface area contributed by atoms with E-state index in [9.17, 15) is 4.79 Å². The minimum absolute atomic E-state index is 0.300. The average Bonchev–Trinajstić information content (AvgIpc) is 2.33. The predicted octanol–water partition coefficient (Wildman–Crippen LogP) is 2.65. The Kier molecular flexibility index (Phi) is 5.80. The third-order valence-corrected chi connectivity index (χ3v) is 2.34. The van der Waals surface area contributed by atoms with Crippen molar-refractivity contribution in [3.8, 4) is 0 Å². The van der Waals surface area contributed by atoms with Gasteiger partial charge in [-0.3, -0.25) is 15.0 Å². The van der Waals surface area contributed by atoms with Gasteiger partial charge in [0.25, 0.3) is 0 Å². The van der Waals surface area contributed by atoms with Crippen LogP contribution in [-0.4, -0.2) is 33.8 Å². The molecule has 1 rings (SSSR count). The first-order valence-electron chi connectivity index (χ1n) is 6.80. The minimum Gasteiger partial charge on any atom is -0.458 e. The number of ether oxygens (including phenoxy) is 1. The Morgan fingerprint density at radius 3 is 2.60 bits per heavy atom. The number of carbonyl (C=O) groups excluding carboxylic acids is 1. The fraction of sp³-hybridized carbons (Fsp3) is 0.600. The molecule has 0 saturated carbocycles. The predicted molar refractivity (Wildman–Crippen MR) is 78.7 cm³/mol. The molecule has 0 amide bonds. The summed E-state index contributed by atoms with van der Waals surface area (Å²) in [5, 5.41) is 0. The van der Waals surface area contributed by atoms with Crippen LogP contribution in [0, 0.1) is 5.92 Å². The van der Waals surface area contributed by atoms with Gasteiger partial charge in [0.1, 0.15) is 11.6 Å². The monoisotopic (exact) mass is 277 g/mol. The first-order valence-corrected chi connectivity index (χ1v) is 6.80. The van der Waals surface area contributed by atoms with Gasteiger partial charge in [0.05, 0.1) is 11.9 Å². The number of aliphatic imine (C=N–C) groups is 1. The molecule has 0 aliphatic carbocycles. The molecule has 20 heavy (non-hydrogen) atoms. The smallest absolute Gasteiger partial charge is 0.331 e. The second kappa shape index (κ2) is 7.12. The molecule has 0 bridgehead atoms. The van der Waals surface area contributed by atoms with Gasteiger partial charge < -0.3 is 4.74 Å². The van der Waals surface area contributed by atoms with Gasteiger partial charge in [0, 0.05) is 18.6 Å². The normalized spacial score (nSPS) is 13.7. The highest BCUT2D eigenvalue weighted by Gasteiger charge is 2.25. The minimum atomic E-state index is -0.506. The number of aromatic nitrogens is 2. The van der Waals surface area contributed by atoms with Gasteiger partial charge in [-0.1, -0.05) is 13.8 Å². The van der Waals surface area contributed by atoms with E-state index in [0.29, 0.717) is 18.0 Å². The molecule has 0 saturated heterocycles. The summed E-state index contributed by atoms with van der Waals surface area (Å²) in [6, 6.07) is -0.503. The highest BCUT2D eigenvalue weighted by atomic mass is 16.6. The summed E-state index contributed by atoms with van der Waals surface area (Å²) in [6.45, 7) is 9.65. The first kappa shape index (κ1) is 16.3. The molecule has 1 heterocycles. The van der Waals surface area contributed by atoms with Gasteiger partial charge in [-0.25, -0.2) is 4.79 Å². The fourth-order valence-corrected chi connectivity index (χ4v) is 1.58. The van der Waals surface area contributed by atoms with Gasteiger partial charge >= 0.3 is 5.97 Å². The van der Waals surface area contributed by atoms with Crippen LogP contribution in [0.2, 0.25) is 0 Å². The van der Waals surface area contributed by atoms with Crippen molar-refractivity contribution in [3.05, 3.63) is 24.3 Å². The molecule has 0 aliphatic rings. The molecule has 1 unspecified atom stereocenters. The lowest BCUT2D eigenvalue weighted by Gasteiger charge is -2.23. The highest BCUT2D eigenvalue weighted by molar-refractivity contribution is 5.82. The fourth-order valence-electron chi connectivity index (χ4n) is 1.58. The van der Waals surface area contributed by atoms with E-state index < -0.39 is 11.6 Å². The molecule has 5 heteroatoms. The Labute approximate surface area is 120 Å². The third kappa shape index (κ3) is 6.41. The van der Waals surface area contributed by atoms with Gasteiger partial charge in [0.2, 0.25) is 0 Å². The summed E-state index contributed by atoms with van der Waals surface area (Å²) in [7, 11) is 0. The second-order valence-corrected chi connectivity index (χ2v) is 6.09. The van der Waals surface area contributed by atoms with Crippen LogP contribution in [0.15, 0.2) is 23.6 Å². The van der Waals surface area contributed by atoms with Gasteiger partial charge in [-0.15, -0.1) is 0 Å². The van der Waals surface area contributed by atoms with Crippen molar-refractivity contribution >= 4 is 12.2 Å². The van der Waals surface area contributed by atoms with Crippen LogP contribution in [0.1, 0.15) is 46.7 Å². The Hall–Kier alpha value is -1.78. The number of esters is 1. The summed E-state index contributed by atoms with van der Waals surface area (Å²) in [6.07, 6.45) is 7.00. The second-order valence-electron chi connectivity index (χ2n) is 6.09. The van der Waals surface area contributed by atoms with Gasteiger partial charge in [0.15, 0.2) is 0 Å². The molecule has 0 aromatic carbocycles. The van der Waals surface area contributed by atoms with Crippen molar-refractivity contribution in [1.82, 2.24) is 9.97 Å². The molecular formula is C15H23N3O2. The van der Waals surface area contributed by atoms with Crippen LogP contribution in [-0.2, 0) is 9.53 Å². The zero-order valence-electron chi connectivity index (χ0n) is 12.8. The van der Waals surface area contributed by atoms with Crippen molar-refractivity contribution in [2.75, 3.05) is 0 Å². The van der Waals surface area contributed by atoms with Crippen LogP contribution in [0.3, 0.4) is 0 Å². The molecule has 1 aromatic rings. The summed E-state index contributed by atoms with van der Waals surface area (Å²) < 4.78 is 5.40. The van der Waals surface area contributed by atoms with E-state index >= 15 is 0 Å². The highest BCUT2D eigenvalue weighted by Crippen LogP contribution is 2.15. The zero-order valence-corrected chi connectivity index (χ0v) is 12.8. The lowest BCUT2D eigenvalue weighted by Crippen LogP contribution is -2.31. The Balaban J connectivity index is 2.79. The summed E-state index contributed by atoms with van der Waals surface area (Å²) >= 11 is 0. The Morgan fingerprint density at radius 2 is 2.10 bits per heavy atom. The van der Waals surface area contributed by atoms with E-state index in [1.165, 1.54) is 0 Å². The first-order chi connectivity index (χ1) is 9.28.